The fourth-order valence-electron chi connectivity index (χ4n) is 2.91. The predicted octanol–water partition coefficient (Wildman–Crippen LogP) is 5.24. The number of amides is 1. The third-order valence-corrected chi connectivity index (χ3v) is 5.36. The zero-order chi connectivity index (χ0) is 21.5. The molecule has 0 N–H and O–H groups in total. The summed E-state index contributed by atoms with van der Waals surface area (Å²) in [6.45, 7) is 2.24. The van der Waals surface area contributed by atoms with Crippen LogP contribution in [-0.4, -0.2) is 27.2 Å². The van der Waals surface area contributed by atoms with Crippen molar-refractivity contribution in [1.29, 1.82) is 0 Å². The Morgan fingerprint density at radius 3 is 2.71 bits per heavy atom. The number of thioether (sulfide) groups is 1. The van der Waals surface area contributed by atoms with E-state index in [2.05, 4.69) is 15.2 Å². The second-order valence-corrected chi connectivity index (χ2v) is 7.80. The van der Waals surface area contributed by atoms with Gasteiger partial charge in [-0.05, 0) is 59.7 Å². The summed E-state index contributed by atoms with van der Waals surface area (Å²) >= 11 is 1.28. The van der Waals surface area contributed by atoms with Gasteiger partial charge in [0.2, 0.25) is 0 Å². The first-order valence-corrected chi connectivity index (χ1v) is 10.5. The van der Waals surface area contributed by atoms with E-state index in [9.17, 15) is 4.79 Å². The van der Waals surface area contributed by atoms with Crippen LogP contribution in [0.1, 0.15) is 23.8 Å². The number of aromatic nitrogens is 1. The molecule has 0 spiro atoms. The molecule has 3 aromatic rings. The van der Waals surface area contributed by atoms with Gasteiger partial charge in [0.25, 0.3) is 5.91 Å². The minimum atomic E-state index is -0.143. The van der Waals surface area contributed by atoms with Crippen molar-refractivity contribution in [3.8, 4) is 0 Å². The Morgan fingerprint density at radius 1 is 1.13 bits per heavy atom. The number of carbonyl (C=O) groups excluding carboxylic acids is 1. The fraction of sp³-hybridized carbons (Fsp3) is 0.0833. The summed E-state index contributed by atoms with van der Waals surface area (Å²) in [5.74, 6) is 0.532. The van der Waals surface area contributed by atoms with E-state index in [4.69, 9.17) is 4.42 Å². The maximum absolute atomic E-state index is 13.0. The molecule has 31 heavy (non-hydrogen) atoms. The van der Waals surface area contributed by atoms with Crippen molar-refractivity contribution in [2.45, 2.75) is 13.5 Å². The summed E-state index contributed by atoms with van der Waals surface area (Å²) in [5.41, 5.74) is 2.89. The maximum Gasteiger partial charge on any atom is 0.267 e. The van der Waals surface area contributed by atoms with Crippen LogP contribution in [-0.2, 0) is 11.3 Å². The van der Waals surface area contributed by atoms with Gasteiger partial charge >= 0.3 is 0 Å². The first-order chi connectivity index (χ1) is 15.2. The largest absolute Gasteiger partial charge is 0.467 e. The highest BCUT2D eigenvalue weighted by molar-refractivity contribution is 8.18. The summed E-state index contributed by atoms with van der Waals surface area (Å²) in [6, 6.07) is 17.3. The number of amidine groups is 1. The number of nitrogens with zero attached hydrogens (tertiary/aromatic N) is 4. The normalized spacial score (nSPS) is 17.4. The number of pyridine rings is 1. The molecule has 1 aromatic carbocycles. The molecule has 0 bridgehead atoms. The second kappa shape index (κ2) is 9.86. The van der Waals surface area contributed by atoms with Crippen molar-refractivity contribution >= 4 is 41.2 Å². The molecule has 0 atom stereocenters. The molecule has 0 unspecified atom stereocenters. The van der Waals surface area contributed by atoms with Crippen LogP contribution in [0, 0.1) is 0 Å². The van der Waals surface area contributed by atoms with E-state index in [0.717, 1.165) is 16.7 Å². The highest BCUT2D eigenvalue weighted by Crippen LogP contribution is 2.33. The van der Waals surface area contributed by atoms with E-state index in [0.29, 0.717) is 15.8 Å². The number of hydrogen-bond acceptors (Lipinski definition) is 6. The summed E-state index contributed by atoms with van der Waals surface area (Å²) in [6.07, 6.45) is 10.5. The van der Waals surface area contributed by atoms with Crippen LogP contribution >= 0.6 is 11.8 Å². The van der Waals surface area contributed by atoms with Crippen LogP contribution in [0.25, 0.3) is 12.2 Å². The molecule has 2 aromatic heterocycles. The Hall–Kier alpha value is -3.71. The third kappa shape index (κ3) is 5.46. The van der Waals surface area contributed by atoms with Gasteiger partial charge in [-0.3, -0.25) is 14.7 Å². The maximum atomic E-state index is 13.0. The molecule has 0 saturated carbocycles. The van der Waals surface area contributed by atoms with Crippen molar-refractivity contribution in [2.75, 3.05) is 0 Å². The lowest BCUT2D eigenvalue weighted by molar-refractivity contribution is -0.122. The van der Waals surface area contributed by atoms with Gasteiger partial charge in [-0.25, -0.2) is 0 Å². The van der Waals surface area contributed by atoms with Gasteiger partial charge in [-0.15, -0.1) is 5.10 Å². The monoisotopic (exact) mass is 428 g/mol. The zero-order valence-electron chi connectivity index (χ0n) is 16.9. The van der Waals surface area contributed by atoms with Crippen LogP contribution in [0.3, 0.4) is 0 Å². The van der Waals surface area contributed by atoms with E-state index in [-0.39, 0.29) is 12.5 Å². The lowest BCUT2D eigenvalue weighted by Gasteiger charge is -2.12. The summed E-state index contributed by atoms with van der Waals surface area (Å²) in [7, 11) is 0. The number of rotatable bonds is 6. The van der Waals surface area contributed by atoms with Crippen molar-refractivity contribution in [3.63, 3.8) is 0 Å². The van der Waals surface area contributed by atoms with Crippen molar-refractivity contribution < 1.29 is 9.21 Å². The molecular weight excluding hydrogens is 408 g/mol. The molecule has 0 aliphatic carbocycles. The molecule has 6 nitrogen and oxygen atoms in total. The van der Waals surface area contributed by atoms with Crippen LogP contribution in [0.5, 0.6) is 0 Å². The summed E-state index contributed by atoms with van der Waals surface area (Å²) < 4.78 is 5.42. The summed E-state index contributed by atoms with van der Waals surface area (Å²) in [5, 5.41) is 9.04. The molecule has 154 valence electrons. The summed E-state index contributed by atoms with van der Waals surface area (Å²) in [4.78, 5) is 19.2. The highest BCUT2D eigenvalue weighted by atomic mass is 32.2. The first kappa shape index (κ1) is 20.6. The predicted molar refractivity (Wildman–Crippen MR) is 125 cm³/mol. The average molecular weight is 429 g/mol. The molecule has 4 rings (SSSR count). The topological polar surface area (TPSA) is 71.1 Å². The first-order valence-electron chi connectivity index (χ1n) is 9.67. The van der Waals surface area contributed by atoms with Gasteiger partial charge in [0, 0.05) is 12.4 Å². The van der Waals surface area contributed by atoms with Crippen LogP contribution < -0.4 is 0 Å². The van der Waals surface area contributed by atoms with E-state index >= 15 is 0 Å². The second-order valence-electron chi connectivity index (χ2n) is 6.79. The van der Waals surface area contributed by atoms with E-state index in [1.807, 2.05) is 67.6 Å². The number of hydrogen-bond donors (Lipinski definition) is 0. The van der Waals surface area contributed by atoms with Gasteiger partial charge in [-0.2, -0.15) is 5.10 Å². The lowest BCUT2D eigenvalue weighted by atomic mass is 10.1. The molecule has 1 aliphatic heterocycles. The van der Waals surface area contributed by atoms with E-state index in [1.54, 1.807) is 35.8 Å². The Labute approximate surface area is 184 Å². The van der Waals surface area contributed by atoms with Crippen LogP contribution in [0.2, 0.25) is 0 Å². The van der Waals surface area contributed by atoms with E-state index in [1.165, 1.54) is 11.8 Å². The molecule has 0 radical (unpaired) electrons. The van der Waals surface area contributed by atoms with Gasteiger partial charge in [0.1, 0.15) is 5.76 Å². The van der Waals surface area contributed by atoms with E-state index < -0.39 is 0 Å². The lowest BCUT2D eigenvalue weighted by Crippen LogP contribution is -2.28. The molecular formula is C24H20N4O2S. The van der Waals surface area contributed by atoms with Gasteiger partial charge < -0.3 is 4.42 Å². The van der Waals surface area contributed by atoms with Crippen LogP contribution in [0.15, 0.2) is 98.4 Å². The Bertz CT molecular complexity index is 1150. The smallest absolute Gasteiger partial charge is 0.267 e. The Balaban J connectivity index is 1.57. The molecule has 1 aliphatic rings. The average Bonchev–Trinajstić information content (AvgIpc) is 3.40. The Kier molecular flexibility index (Phi) is 6.54. The van der Waals surface area contributed by atoms with Crippen molar-refractivity contribution in [1.82, 2.24) is 9.88 Å². The number of carbonyl (C=O) groups is 1. The van der Waals surface area contributed by atoms with Crippen molar-refractivity contribution in [2.24, 2.45) is 10.2 Å². The molecule has 7 heteroatoms. The molecule has 3 heterocycles. The zero-order valence-corrected chi connectivity index (χ0v) is 17.7. The standard InChI is InChI=1S/C24H20N4O2S/c1-18(13-19-7-3-2-4-8-19)15-26-27-24-28(17-21-10-6-12-30-21)23(29)22(31-24)14-20-9-5-11-25-16-20/h2-16H,17H2,1H3/b18-13+,22-14-,26-15+,27-24-. The van der Waals surface area contributed by atoms with Crippen molar-refractivity contribution in [3.05, 3.63) is 101 Å². The molecule has 1 fully saturated rings. The minimum Gasteiger partial charge on any atom is -0.467 e. The SMILES string of the molecule is CC(/C=N/N=C1\S/C(=C\c2cccnc2)C(=O)N1Cc1ccco1)=C\c1ccccc1. The van der Waals surface area contributed by atoms with Gasteiger partial charge in [-0.1, -0.05) is 42.5 Å². The number of furan rings is 1. The molecule has 1 amide bonds. The quantitative estimate of drug-likeness (QED) is 0.306. The van der Waals surface area contributed by atoms with Crippen LogP contribution in [0.4, 0.5) is 0 Å². The molecule has 1 saturated heterocycles. The minimum absolute atomic E-state index is 0.143. The Morgan fingerprint density at radius 2 is 1.97 bits per heavy atom. The van der Waals surface area contributed by atoms with Gasteiger partial charge in [0.05, 0.1) is 23.9 Å². The van der Waals surface area contributed by atoms with Gasteiger partial charge in [0.15, 0.2) is 5.17 Å². The third-order valence-electron chi connectivity index (χ3n) is 4.36. The number of benzene rings is 1. The highest BCUT2D eigenvalue weighted by Gasteiger charge is 2.34. The number of allylic oxidation sites excluding steroid dienone is 1. The fourth-order valence-corrected chi connectivity index (χ4v) is 3.85.